The molecular formula is C21H54O6. The van der Waals surface area contributed by atoms with Crippen LogP contribution in [0, 0.1) is 5.92 Å². The second kappa shape index (κ2) is 40.3. The fourth-order valence-corrected chi connectivity index (χ4v) is 1.46. The molecule has 0 heterocycles. The number of methoxy groups -OCH3 is 2. The molecule has 0 atom stereocenters. The summed E-state index contributed by atoms with van der Waals surface area (Å²) in [6, 6.07) is 0. The quantitative estimate of drug-likeness (QED) is 0.253. The second-order valence-corrected chi connectivity index (χ2v) is 4.44. The Bertz CT molecular complexity index is 203. The molecule has 0 radical (unpaired) electrons. The van der Waals surface area contributed by atoms with Crippen LogP contribution in [0.15, 0.2) is 12.7 Å². The Morgan fingerprint density at radius 2 is 0.926 bits per heavy atom. The third-order valence-corrected chi connectivity index (χ3v) is 2.53. The summed E-state index contributed by atoms with van der Waals surface area (Å²) in [6.07, 6.45) is 1.72. The first kappa shape index (κ1) is 45.3. The Kier molecular flexibility index (Phi) is 67.6. The van der Waals surface area contributed by atoms with Gasteiger partial charge in [0, 0.05) is 20.1 Å². The van der Waals surface area contributed by atoms with Crippen molar-refractivity contribution in [2.75, 3.05) is 80.3 Å². The highest BCUT2D eigenvalue weighted by Gasteiger charge is 2.10. The van der Waals surface area contributed by atoms with Crippen LogP contribution in [0.1, 0.15) is 44.6 Å². The largest absolute Gasteiger partial charge is 0.382 e. The van der Waals surface area contributed by atoms with Crippen LogP contribution in [-0.4, -0.2) is 80.3 Å². The molecule has 0 aliphatic carbocycles. The van der Waals surface area contributed by atoms with E-state index in [9.17, 15) is 0 Å². The van der Waals surface area contributed by atoms with Crippen LogP contribution in [0.25, 0.3) is 0 Å². The van der Waals surface area contributed by atoms with E-state index >= 15 is 0 Å². The van der Waals surface area contributed by atoms with Gasteiger partial charge in [0.2, 0.25) is 0 Å². The number of rotatable bonds is 17. The van der Waals surface area contributed by atoms with Crippen molar-refractivity contribution in [2.24, 2.45) is 5.92 Å². The Hall–Kier alpha value is -0.500. The van der Waals surface area contributed by atoms with Gasteiger partial charge >= 0.3 is 0 Å². The first-order valence-electron chi connectivity index (χ1n) is 7.24. The van der Waals surface area contributed by atoms with Crippen molar-refractivity contribution in [3.8, 4) is 0 Å². The van der Waals surface area contributed by atoms with Crippen LogP contribution >= 0.6 is 0 Å². The lowest BCUT2D eigenvalue weighted by molar-refractivity contribution is -0.0308. The lowest BCUT2D eigenvalue weighted by Gasteiger charge is -2.17. The molecule has 0 spiro atoms. The molecule has 0 aliphatic rings. The molecule has 0 bridgehead atoms. The molecule has 6 nitrogen and oxygen atoms in total. The molecule has 0 aliphatic heterocycles. The highest BCUT2D eigenvalue weighted by Crippen LogP contribution is 2.01. The Morgan fingerprint density at radius 1 is 0.593 bits per heavy atom. The Morgan fingerprint density at radius 3 is 1.26 bits per heavy atom. The minimum atomic E-state index is 0. The monoisotopic (exact) mass is 402 g/mol. The Balaban J connectivity index is -0.000000133. The van der Waals surface area contributed by atoms with Crippen LogP contribution in [0.5, 0.6) is 0 Å². The molecular weight excluding hydrogens is 348 g/mol. The molecule has 0 aromatic heterocycles. The van der Waals surface area contributed by atoms with Crippen molar-refractivity contribution < 1.29 is 28.4 Å². The minimum Gasteiger partial charge on any atom is -0.382 e. The summed E-state index contributed by atoms with van der Waals surface area (Å²) in [5.74, 6) is 0.193. The van der Waals surface area contributed by atoms with E-state index < -0.39 is 0 Å². The maximum absolute atomic E-state index is 5.57. The predicted molar refractivity (Wildman–Crippen MR) is 121 cm³/mol. The zero-order valence-corrected chi connectivity index (χ0v) is 13.4. The fourth-order valence-electron chi connectivity index (χ4n) is 1.46. The van der Waals surface area contributed by atoms with Crippen LogP contribution < -0.4 is 0 Å². The van der Waals surface area contributed by atoms with Gasteiger partial charge in [-0.05, 0) is 0 Å². The van der Waals surface area contributed by atoms with Crippen LogP contribution in [0.3, 0.4) is 0 Å². The van der Waals surface area contributed by atoms with Gasteiger partial charge in [0.25, 0.3) is 0 Å². The van der Waals surface area contributed by atoms with Gasteiger partial charge in [0.1, 0.15) is 0 Å². The first-order valence-corrected chi connectivity index (χ1v) is 7.24. The highest BCUT2D eigenvalue weighted by molar-refractivity contribution is 4.63. The highest BCUT2D eigenvalue weighted by atomic mass is 16.5. The average Bonchev–Trinajstić information content (AvgIpc) is 2.50. The van der Waals surface area contributed by atoms with Gasteiger partial charge in [-0.2, -0.15) is 0 Å². The SMILES string of the molecule is C.C.C.C.C.C.C=CCOCCOCC(COCCOC)COCCOC. The normalized spacial score (nSPS) is 8.70. The van der Waals surface area contributed by atoms with Crippen LogP contribution in [-0.2, 0) is 28.4 Å². The van der Waals surface area contributed by atoms with E-state index in [2.05, 4.69) is 6.58 Å². The van der Waals surface area contributed by atoms with Gasteiger partial charge in [-0.25, -0.2) is 0 Å². The van der Waals surface area contributed by atoms with Crippen LogP contribution in [0.4, 0.5) is 0 Å². The van der Waals surface area contributed by atoms with Crippen molar-refractivity contribution in [3.05, 3.63) is 12.7 Å². The zero-order chi connectivity index (χ0) is 15.6. The standard InChI is InChI=1S/C15H30O6.6CH4/c1-4-5-18-10-11-21-14-15(12-19-8-6-16-2)13-20-9-7-17-3;;;;;;/h4,15H,1,5-14H2,2-3H3;6*1H4. The van der Waals surface area contributed by atoms with Gasteiger partial charge < -0.3 is 28.4 Å². The molecule has 0 N–H and O–H groups in total. The summed E-state index contributed by atoms with van der Waals surface area (Å²) in [7, 11) is 3.31. The van der Waals surface area contributed by atoms with Crippen LogP contribution in [0.2, 0.25) is 0 Å². The smallest absolute Gasteiger partial charge is 0.0704 e. The lowest BCUT2D eigenvalue weighted by atomic mass is 10.2. The fraction of sp³-hybridized carbons (Fsp3) is 0.905. The van der Waals surface area contributed by atoms with Gasteiger partial charge in [-0.3, -0.25) is 0 Å². The van der Waals surface area contributed by atoms with E-state index in [1.807, 2.05) is 0 Å². The number of hydrogen-bond donors (Lipinski definition) is 0. The summed E-state index contributed by atoms with van der Waals surface area (Å²) in [6.45, 7) is 9.34. The van der Waals surface area contributed by atoms with Crippen molar-refractivity contribution in [1.29, 1.82) is 0 Å². The van der Waals surface area contributed by atoms with Gasteiger partial charge in [-0.15, -0.1) is 6.58 Å². The third-order valence-electron chi connectivity index (χ3n) is 2.53. The predicted octanol–water partition coefficient (Wildman–Crippen LogP) is 4.96. The molecule has 0 unspecified atom stereocenters. The van der Waals surface area contributed by atoms with Crippen molar-refractivity contribution in [3.63, 3.8) is 0 Å². The third kappa shape index (κ3) is 37.0. The van der Waals surface area contributed by atoms with Crippen molar-refractivity contribution >= 4 is 0 Å². The summed E-state index contributed by atoms with van der Waals surface area (Å²) in [5.41, 5.74) is 0. The lowest BCUT2D eigenvalue weighted by Crippen LogP contribution is -2.24. The van der Waals surface area contributed by atoms with Crippen molar-refractivity contribution in [2.45, 2.75) is 44.6 Å². The molecule has 0 amide bonds. The summed E-state index contributed by atoms with van der Waals surface area (Å²) < 4.78 is 31.8. The molecule has 27 heavy (non-hydrogen) atoms. The molecule has 0 aromatic carbocycles. The Labute approximate surface area is 172 Å². The summed E-state index contributed by atoms with van der Waals surface area (Å²) in [5, 5.41) is 0. The molecule has 0 saturated heterocycles. The maximum Gasteiger partial charge on any atom is 0.0704 e. The molecule has 174 valence electrons. The topological polar surface area (TPSA) is 55.4 Å². The molecule has 0 aromatic rings. The van der Waals surface area contributed by atoms with E-state index in [1.165, 1.54) is 0 Å². The minimum absolute atomic E-state index is 0. The van der Waals surface area contributed by atoms with Gasteiger partial charge in [-0.1, -0.05) is 50.6 Å². The van der Waals surface area contributed by atoms with Gasteiger partial charge in [0.05, 0.1) is 66.1 Å². The average molecular weight is 403 g/mol. The van der Waals surface area contributed by atoms with E-state index in [0.29, 0.717) is 66.1 Å². The zero-order valence-electron chi connectivity index (χ0n) is 13.4. The molecule has 6 heteroatoms. The molecule has 0 rings (SSSR count). The van der Waals surface area contributed by atoms with Crippen molar-refractivity contribution in [1.82, 2.24) is 0 Å². The number of ether oxygens (including phenoxy) is 6. The summed E-state index contributed by atoms with van der Waals surface area (Å²) >= 11 is 0. The molecule has 0 fully saturated rings. The van der Waals surface area contributed by atoms with E-state index in [1.54, 1.807) is 20.3 Å². The molecule has 0 saturated carbocycles. The second-order valence-electron chi connectivity index (χ2n) is 4.44. The van der Waals surface area contributed by atoms with E-state index in [-0.39, 0.29) is 50.5 Å². The summed E-state index contributed by atoms with van der Waals surface area (Å²) in [4.78, 5) is 0. The first-order chi connectivity index (χ1) is 10.3. The maximum atomic E-state index is 5.57. The number of hydrogen-bond acceptors (Lipinski definition) is 6. The van der Waals surface area contributed by atoms with E-state index in [4.69, 9.17) is 28.4 Å². The van der Waals surface area contributed by atoms with E-state index in [0.717, 1.165) is 0 Å². The van der Waals surface area contributed by atoms with Gasteiger partial charge in [0.15, 0.2) is 0 Å².